The van der Waals surface area contributed by atoms with Crippen molar-refractivity contribution in [3.05, 3.63) is 39.9 Å². The Hall–Kier alpha value is -3.70. The van der Waals surface area contributed by atoms with Gasteiger partial charge in [0.1, 0.15) is 22.8 Å². The maximum atomic E-state index is 13.6. The number of aliphatic hydroxyl groups excluding tert-OH is 2. The van der Waals surface area contributed by atoms with E-state index >= 15 is 0 Å². The first kappa shape index (κ1) is 29.9. The quantitative estimate of drug-likeness (QED) is 0.0724. The molecule has 4 atom stereocenters. The van der Waals surface area contributed by atoms with Crippen LogP contribution in [-0.2, 0) is 26.4 Å². The fourth-order valence-electron chi connectivity index (χ4n) is 5.69. The summed E-state index contributed by atoms with van der Waals surface area (Å²) in [4.78, 5) is 40.3. The Morgan fingerprint density at radius 2 is 1.77 bits per heavy atom. The molecule has 0 fully saturated rings. The van der Waals surface area contributed by atoms with E-state index in [1.165, 1.54) is 11.0 Å². The smallest absolute Gasteiger partial charge is 0.394 e. The Bertz CT molecular complexity index is 1430. The first-order valence-electron chi connectivity index (χ1n) is 11.6. The fourth-order valence-corrected chi connectivity index (χ4v) is 5.69. The van der Waals surface area contributed by atoms with Crippen LogP contribution in [0.1, 0.15) is 29.3 Å². The Balaban J connectivity index is 0.000000771. The molecule has 1 aromatic carbocycles. The number of likely N-dealkylation sites (N-methyl/N-ethyl adjacent to an activating group) is 1. The lowest BCUT2D eigenvalue weighted by Gasteiger charge is -2.50. The van der Waals surface area contributed by atoms with Crippen molar-refractivity contribution in [1.29, 1.82) is 0 Å². The van der Waals surface area contributed by atoms with Crippen LogP contribution < -0.4 is 16.8 Å². The summed E-state index contributed by atoms with van der Waals surface area (Å²) in [6.45, 7) is 2.39. The Kier molecular flexibility index (Phi) is 7.75. The van der Waals surface area contributed by atoms with Crippen LogP contribution in [0.5, 0.6) is 5.75 Å². The predicted octanol–water partition coefficient (Wildman–Crippen LogP) is -0.518. The van der Waals surface area contributed by atoms with Crippen LogP contribution in [0.25, 0.3) is 0 Å². The third-order valence-corrected chi connectivity index (χ3v) is 7.12. The number of carbonyl (C=O) groups excluding carboxylic acids is 3. The van der Waals surface area contributed by atoms with Crippen LogP contribution in [0, 0.1) is 11.8 Å². The Morgan fingerprint density at radius 1 is 1.21 bits per heavy atom. The highest BCUT2D eigenvalue weighted by molar-refractivity contribution is 7.79. The SMILES string of the molecule is CCNc1cc(N)c(O)c2c1CC1CC3[C@H](N(C)C)C(O)=C(C(N)=O)C(=O)C3(O)C(O)=C1C2=O.O=S(=O)(O)O. The molecule has 3 aliphatic rings. The van der Waals surface area contributed by atoms with Crippen molar-refractivity contribution in [2.45, 2.75) is 31.4 Å². The van der Waals surface area contributed by atoms with Crippen molar-refractivity contribution >= 4 is 39.2 Å². The zero-order valence-corrected chi connectivity index (χ0v) is 22.0. The number of nitrogens with zero attached hydrogens (tertiary/aromatic N) is 1. The molecule has 1 aromatic rings. The lowest BCUT2D eigenvalue weighted by Crippen LogP contribution is -2.63. The molecule has 1 amide bonds. The molecule has 0 spiro atoms. The van der Waals surface area contributed by atoms with Gasteiger partial charge >= 0.3 is 10.4 Å². The second kappa shape index (κ2) is 10.1. The number of nitrogens with two attached hydrogens (primary N) is 2. The van der Waals surface area contributed by atoms with Gasteiger partial charge in [0.05, 0.1) is 17.3 Å². The number of anilines is 2. The number of hydrogen-bond donors (Lipinski definition) is 9. The number of Topliss-reactive ketones (excluding diaryl/α,β-unsaturated/α-hetero) is 2. The highest BCUT2D eigenvalue weighted by atomic mass is 32.3. The number of primary amides is 1. The number of nitrogen functional groups attached to an aromatic ring is 1. The van der Waals surface area contributed by atoms with E-state index in [1.54, 1.807) is 14.1 Å². The van der Waals surface area contributed by atoms with Gasteiger partial charge < -0.3 is 37.2 Å². The molecular formula is C23H30N4O11S. The van der Waals surface area contributed by atoms with E-state index in [0.29, 0.717) is 17.8 Å². The minimum atomic E-state index is -4.67. The summed E-state index contributed by atoms with van der Waals surface area (Å²) in [6.07, 6.45) is 0.229. The number of allylic oxidation sites excluding steroid dienone is 1. The van der Waals surface area contributed by atoms with E-state index in [9.17, 15) is 34.8 Å². The van der Waals surface area contributed by atoms with Crippen molar-refractivity contribution in [2.75, 3.05) is 31.7 Å². The fraction of sp³-hybridized carbons (Fsp3) is 0.435. The molecule has 0 aromatic heterocycles. The maximum Gasteiger partial charge on any atom is 0.394 e. The monoisotopic (exact) mass is 570 g/mol. The zero-order valence-electron chi connectivity index (χ0n) is 21.2. The van der Waals surface area contributed by atoms with E-state index in [2.05, 4.69) is 5.32 Å². The summed E-state index contributed by atoms with van der Waals surface area (Å²) < 4.78 is 31.6. The summed E-state index contributed by atoms with van der Waals surface area (Å²) in [7, 11) is -1.51. The topological polar surface area (TPSA) is 274 Å². The molecule has 3 aliphatic carbocycles. The van der Waals surface area contributed by atoms with E-state index < -0.39 is 74.2 Å². The standard InChI is InChI=1S/C23H28N4O7.H2O4S/c1-4-26-12-7-11(24)17(28)14-9(12)5-8-6-10-16(27(2)3)19(30)15(22(25)33)21(32)23(10,34)20(31)13(8)18(14)29;1-5(2,3)4/h7-8,10,16,26,28,30-31,34H,4-6,24H2,1-3H3,(H2,25,33);(H2,1,2,3,4)/t8?,10?,16-,23?;/m0./s1. The normalized spacial score (nSPS) is 26.4. The van der Waals surface area contributed by atoms with Gasteiger partial charge in [0, 0.05) is 23.7 Å². The number of hydrogen-bond acceptors (Lipinski definition) is 12. The lowest BCUT2D eigenvalue weighted by atomic mass is 9.58. The van der Waals surface area contributed by atoms with Gasteiger partial charge in [-0.25, -0.2) is 0 Å². The predicted molar refractivity (Wildman–Crippen MR) is 136 cm³/mol. The van der Waals surface area contributed by atoms with Crippen molar-refractivity contribution in [2.24, 2.45) is 17.6 Å². The third kappa shape index (κ3) is 4.92. The van der Waals surface area contributed by atoms with Crippen LogP contribution in [0.15, 0.2) is 28.7 Å². The number of phenolic OH excluding ortho intramolecular Hbond substituents is 1. The van der Waals surface area contributed by atoms with Crippen molar-refractivity contribution < 1.29 is 52.3 Å². The Labute approximate surface area is 223 Å². The summed E-state index contributed by atoms with van der Waals surface area (Å²) in [5, 5.41) is 47.2. The highest BCUT2D eigenvalue weighted by Crippen LogP contribution is 2.53. The van der Waals surface area contributed by atoms with Gasteiger partial charge in [-0.2, -0.15) is 8.42 Å². The number of benzene rings is 1. The summed E-state index contributed by atoms with van der Waals surface area (Å²) in [5.74, 6) is -6.96. The van der Waals surface area contributed by atoms with Crippen LogP contribution in [0.4, 0.5) is 11.4 Å². The molecule has 0 aliphatic heterocycles. The third-order valence-electron chi connectivity index (χ3n) is 7.12. The van der Waals surface area contributed by atoms with Crippen LogP contribution in [0.3, 0.4) is 0 Å². The van der Waals surface area contributed by atoms with E-state index in [0.717, 1.165) is 0 Å². The van der Waals surface area contributed by atoms with Crippen molar-refractivity contribution in [3.8, 4) is 5.75 Å². The van der Waals surface area contributed by atoms with Gasteiger partial charge in [-0.05, 0) is 51.4 Å². The maximum absolute atomic E-state index is 13.6. The van der Waals surface area contributed by atoms with Gasteiger partial charge in [0.15, 0.2) is 11.4 Å². The molecule has 0 heterocycles. The summed E-state index contributed by atoms with van der Waals surface area (Å²) in [5.41, 5.74) is 8.40. The van der Waals surface area contributed by atoms with Crippen molar-refractivity contribution in [1.82, 2.24) is 4.90 Å². The molecule has 15 nitrogen and oxygen atoms in total. The number of aromatic hydroxyl groups is 1. The van der Waals surface area contributed by atoms with Crippen molar-refractivity contribution in [3.63, 3.8) is 0 Å². The number of rotatable bonds is 4. The number of amides is 1. The molecule has 3 unspecified atom stereocenters. The minimum Gasteiger partial charge on any atom is -0.510 e. The average molecular weight is 571 g/mol. The summed E-state index contributed by atoms with van der Waals surface area (Å²) >= 11 is 0. The van der Waals surface area contributed by atoms with Crippen LogP contribution >= 0.6 is 0 Å². The number of carbonyl (C=O) groups is 3. The molecular weight excluding hydrogens is 540 g/mol. The van der Waals surface area contributed by atoms with Gasteiger partial charge in [-0.15, -0.1) is 0 Å². The zero-order chi connectivity index (χ0) is 29.8. The van der Waals surface area contributed by atoms with Gasteiger partial charge in [0.25, 0.3) is 5.91 Å². The van der Waals surface area contributed by atoms with Gasteiger partial charge in [-0.3, -0.25) is 28.4 Å². The minimum absolute atomic E-state index is 0.0302. The lowest BCUT2D eigenvalue weighted by molar-refractivity contribution is -0.148. The molecule has 4 rings (SSSR count). The second-order valence-corrected chi connectivity index (χ2v) is 10.6. The molecule has 11 N–H and O–H groups in total. The highest BCUT2D eigenvalue weighted by Gasteiger charge is 2.63. The van der Waals surface area contributed by atoms with E-state index in [1.807, 2.05) is 6.92 Å². The molecule has 214 valence electrons. The number of ketones is 2. The van der Waals surface area contributed by atoms with Crippen LogP contribution in [0.2, 0.25) is 0 Å². The molecule has 0 saturated carbocycles. The molecule has 16 heteroatoms. The molecule has 0 bridgehead atoms. The number of aliphatic hydroxyl groups is 3. The Morgan fingerprint density at radius 3 is 2.26 bits per heavy atom. The average Bonchev–Trinajstić information content (AvgIpc) is 2.78. The first-order chi connectivity index (χ1) is 17.9. The second-order valence-electron chi connectivity index (χ2n) is 9.66. The van der Waals surface area contributed by atoms with Crippen LogP contribution in [-0.4, -0.2) is 92.6 Å². The largest absolute Gasteiger partial charge is 0.510 e. The van der Waals surface area contributed by atoms with Gasteiger partial charge in [0.2, 0.25) is 5.78 Å². The summed E-state index contributed by atoms with van der Waals surface area (Å²) in [6, 6.07) is 0.498. The molecule has 39 heavy (non-hydrogen) atoms. The number of fused-ring (bicyclic) bond motifs is 3. The number of nitrogens with one attached hydrogen (secondary N) is 1. The molecule has 0 saturated heterocycles. The van der Waals surface area contributed by atoms with E-state index in [-0.39, 0.29) is 29.7 Å². The molecule has 0 radical (unpaired) electrons. The van der Waals surface area contributed by atoms with Gasteiger partial charge in [-0.1, -0.05) is 0 Å². The number of phenols is 1. The van der Waals surface area contributed by atoms with E-state index in [4.69, 9.17) is 29.0 Å². The first-order valence-corrected chi connectivity index (χ1v) is 13.0.